The molecule has 6 heteroatoms. The molecular weight excluding hydrogens is 334 g/mol. The fourth-order valence-electron chi connectivity index (χ4n) is 2.57. The fourth-order valence-corrected chi connectivity index (χ4v) is 3.42. The second kappa shape index (κ2) is 8.07. The zero-order valence-electron chi connectivity index (χ0n) is 14.4. The number of thiophene rings is 1. The molecule has 0 radical (unpaired) electrons. The number of hydrogen-bond acceptors (Lipinski definition) is 5. The highest BCUT2D eigenvalue weighted by molar-refractivity contribution is 7.13. The molecule has 2 heterocycles. The molecule has 1 amide bonds. The summed E-state index contributed by atoms with van der Waals surface area (Å²) in [7, 11) is 0. The molecule has 0 spiro atoms. The van der Waals surface area contributed by atoms with E-state index in [0.717, 1.165) is 23.3 Å². The largest absolute Gasteiger partial charge is 0.419 e. The molecule has 1 N–H and O–H groups in total. The molecule has 0 bridgehead atoms. The van der Waals surface area contributed by atoms with Gasteiger partial charge in [0.1, 0.15) is 6.42 Å². The topological polar surface area (TPSA) is 68.0 Å². The molecule has 3 aromatic rings. The summed E-state index contributed by atoms with van der Waals surface area (Å²) in [5.74, 6) is 0.724. The highest BCUT2D eigenvalue weighted by Gasteiger charge is 2.15. The number of aryl methyl sites for hydroxylation is 2. The molecule has 5 nitrogen and oxygen atoms in total. The van der Waals surface area contributed by atoms with Crippen molar-refractivity contribution in [2.24, 2.45) is 0 Å². The summed E-state index contributed by atoms with van der Waals surface area (Å²) in [5.41, 5.74) is 2.37. The van der Waals surface area contributed by atoms with Gasteiger partial charge in [0.25, 0.3) is 5.89 Å². The lowest BCUT2D eigenvalue weighted by molar-refractivity contribution is -0.121. The summed E-state index contributed by atoms with van der Waals surface area (Å²) in [6, 6.07) is 12.4. The molecule has 0 saturated carbocycles. The van der Waals surface area contributed by atoms with Crippen LogP contribution in [0.1, 0.15) is 30.4 Å². The van der Waals surface area contributed by atoms with Gasteiger partial charge >= 0.3 is 0 Å². The van der Waals surface area contributed by atoms with Crippen LogP contribution in [0, 0.1) is 6.92 Å². The van der Waals surface area contributed by atoms with E-state index in [2.05, 4.69) is 27.6 Å². The molecule has 0 aliphatic heterocycles. The Bertz CT molecular complexity index is 826. The number of nitrogens with one attached hydrogen (secondary N) is 1. The molecule has 0 aliphatic carbocycles. The molecule has 0 unspecified atom stereocenters. The zero-order valence-corrected chi connectivity index (χ0v) is 15.2. The molecule has 25 heavy (non-hydrogen) atoms. The Morgan fingerprint density at radius 3 is 2.76 bits per heavy atom. The van der Waals surface area contributed by atoms with E-state index in [4.69, 9.17) is 4.42 Å². The molecule has 0 fully saturated rings. The monoisotopic (exact) mass is 355 g/mol. The molecular formula is C19H21N3O2S. The van der Waals surface area contributed by atoms with Crippen molar-refractivity contribution >= 4 is 17.2 Å². The van der Waals surface area contributed by atoms with E-state index in [1.54, 1.807) is 11.3 Å². The first kappa shape index (κ1) is 17.4. The maximum Gasteiger partial charge on any atom is 0.258 e. The zero-order chi connectivity index (χ0) is 17.6. The van der Waals surface area contributed by atoms with Crippen molar-refractivity contribution in [2.45, 2.75) is 39.2 Å². The molecule has 1 aromatic carbocycles. The van der Waals surface area contributed by atoms with Gasteiger partial charge in [0.2, 0.25) is 11.8 Å². The van der Waals surface area contributed by atoms with E-state index in [1.807, 2.05) is 43.5 Å². The van der Waals surface area contributed by atoms with Crippen molar-refractivity contribution < 1.29 is 9.21 Å². The Hall–Kier alpha value is -2.47. The second-order valence-electron chi connectivity index (χ2n) is 6.10. The Labute approximate surface area is 151 Å². The predicted molar refractivity (Wildman–Crippen MR) is 98.4 cm³/mol. The Morgan fingerprint density at radius 1 is 1.24 bits per heavy atom. The van der Waals surface area contributed by atoms with Gasteiger partial charge in [-0.05, 0) is 49.3 Å². The van der Waals surface area contributed by atoms with Crippen molar-refractivity contribution in [3.05, 3.63) is 58.8 Å². The van der Waals surface area contributed by atoms with E-state index in [1.165, 1.54) is 5.56 Å². The summed E-state index contributed by atoms with van der Waals surface area (Å²) in [6.07, 6.45) is 1.93. The van der Waals surface area contributed by atoms with Crippen LogP contribution in [0.3, 0.4) is 0 Å². The van der Waals surface area contributed by atoms with Gasteiger partial charge in [0.05, 0.1) is 4.88 Å². The van der Waals surface area contributed by atoms with Gasteiger partial charge in [-0.2, -0.15) is 0 Å². The number of amides is 1. The molecule has 2 aromatic heterocycles. The van der Waals surface area contributed by atoms with E-state index in [-0.39, 0.29) is 18.4 Å². The van der Waals surface area contributed by atoms with E-state index in [0.29, 0.717) is 11.8 Å². The van der Waals surface area contributed by atoms with Gasteiger partial charge in [0.15, 0.2) is 0 Å². The number of carbonyl (C=O) groups is 1. The lowest BCUT2D eigenvalue weighted by Crippen LogP contribution is -2.34. The van der Waals surface area contributed by atoms with Crippen LogP contribution in [0.2, 0.25) is 0 Å². The van der Waals surface area contributed by atoms with Crippen LogP contribution >= 0.6 is 11.3 Å². The van der Waals surface area contributed by atoms with Crippen molar-refractivity contribution in [3.8, 4) is 10.8 Å². The van der Waals surface area contributed by atoms with Gasteiger partial charge in [-0.15, -0.1) is 21.5 Å². The van der Waals surface area contributed by atoms with Crippen LogP contribution in [-0.4, -0.2) is 22.1 Å². The van der Waals surface area contributed by atoms with Crippen LogP contribution in [0.25, 0.3) is 10.8 Å². The van der Waals surface area contributed by atoms with Crippen LogP contribution < -0.4 is 5.32 Å². The fraction of sp³-hybridized carbons (Fsp3) is 0.316. The van der Waals surface area contributed by atoms with E-state index < -0.39 is 0 Å². The third kappa shape index (κ3) is 4.76. The van der Waals surface area contributed by atoms with E-state index in [9.17, 15) is 4.79 Å². The van der Waals surface area contributed by atoms with Gasteiger partial charge in [-0.1, -0.05) is 30.3 Å². The SMILES string of the molecule is Cc1ccsc1-c1nnc(CC(=O)N[C@@H](C)CCc2ccccc2)o1. The summed E-state index contributed by atoms with van der Waals surface area (Å²) in [4.78, 5) is 13.1. The third-order valence-electron chi connectivity index (χ3n) is 3.95. The summed E-state index contributed by atoms with van der Waals surface area (Å²) >= 11 is 1.55. The van der Waals surface area contributed by atoms with Crippen molar-refractivity contribution in [1.29, 1.82) is 0 Å². The number of rotatable bonds is 7. The second-order valence-corrected chi connectivity index (χ2v) is 7.02. The summed E-state index contributed by atoms with van der Waals surface area (Å²) < 4.78 is 5.62. The Morgan fingerprint density at radius 2 is 2.04 bits per heavy atom. The average molecular weight is 355 g/mol. The van der Waals surface area contributed by atoms with Crippen LogP contribution in [-0.2, 0) is 17.6 Å². The normalized spacial score (nSPS) is 12.1. The highest BCUT2D eigenvalue weighted by atomic mass is 32.1. The molecule has 3 rings (SSSR count). The molecule has 130 valence electrons. The summed E-state index contributed by atoms with van der Waals surface area (Å²) in [5, 5.41) is 13.0. The lowest BCUT2D eigenvalue weighted by Gasteiger charge is -2.13. The minimum absolute atomic E-state index is 0.0923. The minimum atomic E-state index is -0.0985. The van der Waals surface area contributed by atoms with Crippen molar-refractivity contribution in [3.63, 3.8) is 0 Å². The number of aromatic nitrogens is 2. The maximum atomic E-state index is 12.2. The smallest absolute Gasteiger partial charge is 0.258 e. The minimum Gasteiger partial charge on any atom is -0.419 e. The van der Waals surface area contributed by atoms with Gasteiger partial charge in [-0.25, -0.2) is 0 Å². The molecule has 0 saturated heterocycles. The van der Waals surface area contributed by atoms with E-state index >= 15 is 0 Å². The van der Waals surface area contributed by atoms with Crippen LogP contribution in [0.15, 0.2) is 46.2 Å². The highest BCUT2D eigenvalue weighted by Crippen LogP contribution is 2.27. The predicted octanol–water partition coefficient (Wildman–Crippen LogP) is 3.79. The van der Waals surface area contributed by atoms with Gasteiger partial charge in [-0.3, -0.25) is 4.79 Å². The Kier molecular flexibility index (Phi) is 5.60. The third-order valence-corrected chi connectivity index (χ3v) is 4.96. The first-order valence-electron chi connectivity index (χ1n) is 8.32. The first-order valence-corrected chi connectivity index (χ1v) is 9.20. The molecule has 0 aliphatic rings. The lowest BCUT2D eigenvalue weighted by atomic mass is 10.1. The first-order chi connectivity index (χ1) is 12.1. The standard InChI is InChI=1S/C19H21N3O2S/c1-13-10-11-25-18(13)19-22-21-17(24-19)12-16(23)20-14(2)8-9-15-6-4-3-5-7-15/h3-7,10-11,14H,8-9,12H2,1-2H3,(H,20,23)/t14-/m0/s1. The number of nitrogens with zero attached hydrogens (tertiary/aromatic N) is 2. The number of hydrogen-bond donors (Lipinski definition) is 1. The van der Waals surface area contributed by atoms with Gasteiger partial charge in [0, 0.05) is 6.04 Å². The van der Waals surface area contributed by atoms with Gasteiger partial charge < -0.3 is 9.73 Å². The summed E-state index contributed by atoms with van der Waals surface area (Å²) in [6.45, 7) is 4.01. The van der Waals surface area contributed by atoms with Crippen LogP contribution in [0.4, 0.5) is 0 Å². The van der Waals surface area contributed by atoms with Crippen molar-refractivity contribution in [1.82, 2.24) is 15.5 Å². The Balaban J connectivity index is 1.49. The van der Waals surface area contributed by atoms with Crippen molar-refractivity contribution in [2.75, 3.05) is 0 Å². The maximum absolute atomic E-state index is 12.2. The average Bonchev–Trinajstić information content (AvgIpc) is 3.22. The number of carbonyl (C=O) groups excluding carboxylic acids is 1. The van der Waals surface area contributed by atoms with Crippen LogP contribution in [0.5, 0.6) is 0 Å². The molecule has 1 atom stereocenters. The number of benzene rings is 1. The quantitative estimate of drug-likeness (QED) is 0.700.